The lowest BCUT2D eigenvalue weighted by Gasteiger charge is -2.08. The zero-order valence-electron chi connectivity index (χ0n) is 15.5. The molecule has 0 atom stereocenters. The summed E-state index contributed by atoms with van der Waals surface area (Å²) in [7, 11) is 1.61. The molecule has 7 nitrogen and oxygen atoms in total. The van der Waals surface area contributed by atoms with Crippen molar-refractivity contribution in [3.8, 4) is 34.3 Å². The van der Waals surface area contributed by atoms with Crippen molar-refractivity contribution >= 4 is 22.4 Å². The number of nitrogens with two attached hydrogens (primary N) is 1. The number of aromatic amines is 1. The van der Waals surface area contributed by atoms with Crippen LogP contribution in [-0.2, 0) is 0 Å². The van der Waals surface area contributed by atoms with Crippen LogP contribution in [0.5, 0.6) is 5.75 Å². The van der Waals surface area contributed by atoms with E-state index in [1.54, 1.807) is 7.11 Å². The van der Waals surface area contributed by atoms with Crippen molar-refractivity contribution in [2.45, 2.75) is 0 Å². The molecule has 140 valence electrons. The molecule has 5 aromatic rings. The van der Waals surface area contributed by atoms with Gasteiger partial charge in [0, 0.05) is 34.3 Å². The van der Waals surface area contributed by atoms with E-state index < -0.39 is 0 Å². The van der Waals surface area contributed by atoms with Crippen LogP contribution < -0.4 is 10.5 Å². The Labute approximate surface area is 166 Å². The maximum Gasteiger partial charge on any atom is 0.158 e. The minimum absolute atomic E-state index is 0.259. The first-order valence-electron chi connectivity index (χ1n) is 9.00. The molecule has 0 fully saturated rings. The van der Waals surface area contributed by atoms with Gasteiger partial charge in [-0.2, -0.15) is 14.9 Å². The van der Waals surface area contributed by atoms with E-state index in [1.165, 1.54) is 4.52 Å². The third-order valence-electron chi connectivity index (χ3n) is 4.98. The number of hydrogen-bond donors (Lipinski definition) is 2. The van der Waals surface area contributed by atoms with Gasteiger partial charge >= 0.3 is 0 Å². The zero-order chi connectivity index (χ0) is 20.0. The van der Waals surface area contributed by atoms with Gasteiger partial charge in [0.15, 0.2) is 5.65 Å². The highest BCUT2D eigenvalue weighted by Gasteiger charge is 2.18. The molecule has 0 radical (unpaired) electrons. The van der Waals surface area contributed by atoms with Crippen LogP contribution in [0, 0.1) is 11.3 Å². The summed E-state index contributed by atoms with van der Waals surface area (Å²) in [5.41, 5.74) is 11.2. The lowest BCUT2D eigenvalue weighted by molar-refractivity contribution is 0.415. The number of H-pyrrole nitrogens is 1. The Morgan fingerprint density at radius 2 is 1.93 bits per heavy atom. The highest BCUT2D eigenvalue weighted by Crippen LogP contribution is 2.32. The van der Waals surface area contributed by atoms with Gasteiger partial charge in [-0.1, -0.05) is 18.2 Å². The van der Waals surface area contributed by atoms with Gasteiger partial charge in [0.2, 0.25) is 0 Å². The molecule has 3 heterocycles. The van der Waals surface area contributed by atoms with Gasteiger partial charge < -0.3 is 15.5 Å². The molecule has 0 aliphatic heterocycles. The first-order chi connectivity index (χ1) is 14.2. The number of fused-ring (bicyclic) bond motifs is 2. The third kappa shape index (κ3) is 2.58. The predicted molar refractivity (Wildman–Crippen MR) is 111 cm³/mol. The number of aromatic nitrogens is 4. The number of ether oxygens (including phenoxy) is 1. The normalized spacial score (nSPS) is 11.0. The van der Waals surface area contributed by atoms with E-state index in [1.807, 2.05) is 60.8 Å². The Hall–Kier alpha value is -4.31. The van der Waals surface area contributed by atoms with Gasteiger partial charge in [-0.05, 0) is 30.3 Å². The molecule has 0 amide bonds. The molecule has 5 rings (SSSR count). The summed E-state index contributed by atoms with van der Waals surface area (Å²) >= 11 is 0. The fourth-order valence-electron chi connectivity index (χ4n) is 3.51. The van der Waals surface area contributed by atoms with Crippen LogP contribution in [0.4, 0.5) is 5.82 Å². The largest absolute Gasteiger partial charge is 0.497 e. The van der Waals surface area contributed by atoms with Crippen LogP contribution in [0.25, 0.3) is 39.1 Å². The number of methoxy groups -OCH3 is 1. The molecule has 0 spiro atoms. The maximum absolute atomic E-state index is 9.71. The first kappa shape index (κ1) is 16.8. The molecular formula is C22H16N6O. The van der Waals surface area contributed by atoms with E-state index in [4.69, 9.17) is 15.5 Å². The van der Waals surface area contributed by atoms with Crippen LogP contribution >= 0.6 is 0 Å². The van der Waals surface area contributed by atoms with Crippen molar-refractivity contribution in [1.29, 1.82) is 5.26 Å². The van der Waals surface area contributed by atoms with Gasteiger partial charge in [0.25, 0.3) is 0 Å². The maximum atomic E-state index is 9.71. The van der Waals surface area contributed by atoms with Crippen LogP contribution in [0.1, 0.15) is 5.56 Å². The quantitative estimate of drug-likeness (QED) is 0.492. The summed E-state index contributed by atoms with van der Waals surface area (Å²) in [6.45, 7) is 0. The fraction of sp³-hybridized carbons (Fsp3) is 0.0455. The van der Waals surface area contributed by atoms with E-state index in [0.717, 1.165) is 33.5 Å². The molecule has 0 aliphatic carbocycles. The van der Waals surface area contributed by atoms with Gasteiger partial charge in [-0.15, -0.1) is 0 Å². The monoisotopic (exact) mass is 380 g/mol. The van der Waals surface area contributed by atoms with Crippen molar-refractivity contribution in [2.24, 2.45) is 0 Å². The lowest BCUT2D eigenvalue weighted by Crippen LogP contribution is -2.06. The fourth-order valence-corrected chi connectivity index (χ4v) is 3.51. The van der Waals surface area contributed by atoms with Gasteiger partial charge in [0.05, 0.1) is 18.5 Å². The number of para-hydroxylation sites is 1. The van der Waals surface area contributed by atoms with Gasteiger partial charge in [0.1, 0.15) is 23.2 Å². The number of rotatable bonds is 3. The third-order valence-corrected chi connectivity index (χ3v) is 4.98. The van der Waals surface area contributed by atoms with Crippen molar-refractivity contribution in [1.82, 2.24) is 19.6 Å². The standard InChI is InChI=1S/C22H16N6O/c1-29-14-8-6-13(7-9-14)21-16(11-23)22(24)28-20(26-21)10-19(27-28)17-12-25-18-5-3-2-4-15(17)18/h2-10,12,25H,24H2,1H3. The average Bonchev–Trinajstić information content (AvgIpc) is 3.38. The number of nitrogens with one attached hydrogen (secondary N) is 1. The second kappa shape index (κ2) is 6.39. The molecule has 7 heteroatoms. The lowest BCUT2D eigenvalue weighted by atomic mass is 10.1. The highest BCUT2D eigenvalue weighted by molar-refractivity contribution is 5.95. The minimum atomic E-state index is 0.259. The van der Waals surface area contributed by atoms with Crippen LogP contribution in [0.15, 0.2) is 60.8 Å². The van der Waals surface area contributed by atoms with E-state index in [2.05, 4.69) is 16.2 Å². The number of anilines is 1. The van der Waals surface area contributed by atoms with Crippen molar-refractivity contribution in [2.75, 3.05) is 12.8 Å². The van der Waals surface area contributed by atoms with Crippen molar-refractivity contribution in [3.05, 3.63) is 66.4 Å². The second-order valence-electron chi connectivity index (χ2n) is 6.61. The second-order valence-corrected chi connectivity index (χ2v) is 6.61. The molecular weight excluding hydrogens is 364 g/mol. The summed E-state index contributed by atoms with van der Waals surface area (Å²) in [5, 5.41) is 15.4. The van der Waals surface area contributed by atoms with E-state index in [0.29, 0.717) is 11.3 Å². The Morgan fingerprint density at radius 3 is 2.69 bits per heavy atom. The molecule has 0 saturated carbocycles. The predicted octanol–water partition coefficient (Wildman–Crippen LogP) is 4.01. The zero-order valence-corrected chi connectivity index (χ0v) is 15.5. The summed E-state index contributed by atoms with van der Waals surface area (Å²) in [4.78, 5) is 7.94. The molecule has 2 aromatic carbocycles. The number of nitrogens with zero attached hydrogens (tertiary/aromatic N) is 4. The van der Waals surface area contributed by atoms with E-state index >= 15 is 0 Å². The van der Waals surface area contributed by atoms with Gasteiger partial charge in [-0.25, -0.2) is 4.98 Å². The Balaban J connectivity index is 1.72. The topological polar surface area (TPSA) is 105 Å². The molecule has 0 saturated heterocycles. The number of hydrogen-bond acceptors (Lipinski definition) is 5. The summed E-state index contributed by atoms with van der Waals surface area (Å²) in [5.74, 6) is 0.988. The molecule has 0 unspecified atom stereocenters. The van der Waals surface area contributed by atoms with Crippen LogP contribution in [0.3, 0.4) is 0 Å². The molecule has 29 heavy (non-hydrogen) atoms. The van der Waals surface area contributed by atoms with Crippen LogP contribution in [-0.4, -0.2) is 26.7 Å². The number of benzene rings is 2. The first-order valence-corrected chi connectivity index (χ1v) is 9.00. The van der Waals surface area contributed by atoms with E-state index in [9.17, 15) is 5.26 Å². The Bertz CT molecular complexity index is 1410. The molecule has 3 aromatic heterocycles. The number of nitrogen functional groups attached to an aromatic ring is 1. The Kier molecular flexibility index (Phi) is 3.71. The van der Waals surface area contributed by atoms with E-state index in [-0.39, 0.29) is 11.4 Å². The van der Waals surface area contributed by atoms with Gasteiger partial charge in [-0.3, -0.25) is 0 Å². The van der Waals surface area contributed by atoms with Crippen LogP contribution in [0.2, 0.25) is 0 Å². The smallest absolute Gasteiger partial charge is 0.158 e. The highest BCUT2D eigenvalue weighted by atomic mass is 16.5. The summed E-state index contributed by atoms with van der Waals surface area (Å²) in [6.07, 6.45) is 1.91. The van der Waals surface area contributed by atoms with Crippen molar-refractivity contribution in [3.63, 3.8) is 0 Å². The molecule has 0 aliphatic rings. The minimum Gasteiger partial charge on any atom is -0.497 e. The average molecular weight is 380 g/mol. The Morgan fingerprint density at radius 1 is 1.14 bits per heavy atom. The molecule has 3 N–H and O–H groups in total. The summed E-state index contributed by atoms with van der Waals surface area (Å²) in [6, 6.07) is 19.4. The SMILES string of the molecule is COc1ccc(-c2nc3cc(-c4c[nH]c5ccccc45)nn3c(N)c2C#N)cc1. The number of nitriles is 1. The summed E-state index contributed by atoms with van der Waals surface area (Å²) < 4.78 is 6.72. The molecule has 0 bridgehead atoms. The van der Waals surface area contributed by atoms with Crippen molar-refractivity contribution < 1.29 is 4.74 Å².